The van der Waals surface area contributed by atoms with Gasteiger partial charge in [0.2, 0.25) is 0 Å². The summed E-state index contributed by atoms with van der Waals surface area (Å²) in [5.74, 6) is 0.284. The molecule has 5 rings (SSSR count). The third kappa shape index (κ3) is 6.06. The van der Waals surface area contributed by atoms with Gasteiger partial charge in [-0.2, -0.15) is 0 Å². The van der Waals surface area contributed by atoms with Gasteiger partial charge in [0.25, 0.3) is 11.8 Å². The van der Waals surface area contributed by atoms with Gasteiger partial charge in [0.15, 0.2) is 5.82 Å². The van der Waals surface area contributed by atoms with Crippen molar-refractivity contribution in [2.75, 3.05) is 50.7 Å². The smallest absolute Gasteiger partial charge is 0.282 e. The number of amides is 1. The van der Waals surface area contributed by atoms with Crippen LogP contribution in [0.5, 0.6) is 11.6 Å². The predicted molar refractivity (Wildman–Crippen MR) is 149 cm³/mol. The van der Waals surface area contributed by atoms with E-state index in [0.29, 0.717) is 5.82 Å². The SMILES string of the molecule is CC(C)N(C(=O)c1cc(F)ccc1Oc1nncnc1N1CC2(CCN(CC3=CCNCC3)CC2)C1)C(C)C. The number of hydrogen-bond acceptors (Lipinski definition) is 8. The molecule has 1 aromatic carbocycles. The van der Waals surface area contributed by atoms with E-state index in [-0.39, 0.29) is 40.6 Å². The van der Waals surface area contributed by atoms with Crippen molar-refractivity contribution in [2.45, 2.75) is 59.0 Å². The van der Waals surface area contributed by atoms with Gasteiger partial charge in [0, 0.05) is 43.7 Å². The Morgan fingerprint density at radius 3 is 2.59 bits per heavy atom. The maximum absolute atomic E-state index is 14.3. The number of benzene rings is 1. The zero-order valence-electron chi connectivity index (χ0n) is 23.5. The summed E-state index contributed by atoms with van der Waals surface area (Å²) in [6.45, 7) is 14.9. The standard InChI is InChI=1S/C29H40FN7O2/c1-20(2)37(21(3)4)28(38)24-15-23(30)5-6-25(24)39-27-26(32-19-33-34-27)36-17-29(18-36)9-13-35(14-10-29)16-22-7-11-31-12-8-22/h5-7,15,19-21,31H,8-14,16-18H2,1-4H3. The Balaban J connectivity index is 1.27. The molecule has 1 N–H and O–H groups in total. The molecule has 9 nitrogen and oxygen atoms in total. The molecule has 0 unspecified atom stereocenters. The lowest BCUT2D eigenvalue weighted by atomic mass is 9.72. The molecule has 1 spiro atoms. The number of rotatable bonds is 8. The first-order valence-corrected chi connectivity index (χ1v) is 14.1. The maximum atomic E-state index is 14.3. The van der Waals surface area contributed by atoms with Crippen LogP contribution in [0.1, 0.15) is 57.3 Å². The molecule has 1 aromatic heterocycles. The Morgan fingerprint density at radius 1 is 1.18 bits per heavy atom. The van der Waals surface area contributed by atoms with Crippen molar-refractivity contribution in [1.82, 2.24) is 30.3 Å². The Morgan fingerprint density at radius 2 is 1.92 bits per heavy atom. The number of ether oxygens (including phenoxy) is 1. The van der Waals surface area contributed by atoms with Gasteiger partial charge in [-0.1, -0.05) is 11.6 Å². The molecule has 10 heteroatoms. The summed E-state index contributed by atoms with van der Waals surface area (Å²) >= 11 is 0. The van der Waals surface area contributed by atoms with Gasteiger partial charge in [0.05, 0.1) is 5.56 Å². The van der Waals surface area contributed by atoms with E-state index >= 15 is 0 Å². The van der Waals surface area contributed by atoms with Crippen molar-refractivity contribution in [2.24, 2.45) is 5.41 Å². The highest BCUT2D eigenvalue weighted by molar-refractivity contribution is 5.97. The first-order chi connectivity index (χ1) is 18.7. The van der Waals surface area contributed by atoms with Crippen LogP contribution >= 0.6 is 0 Å². The van der Waals surface area contributed by atoms with E-state index < -0.39 is 5.82 Å². The van der Waals surface area contributed by atoms with Gasteiger partial charge in [-0.05, 0) is 84.8 Å². The highest BCUT2D eigenvalue weighted by Crippen LogP contribution is 2.44. The number of anilines is 1. The number of halogens is 1. The molecule has 0 aliphatic carbocycles. The van der Waals surface area contributed by atoms with E-state index in [0.717, 1.165) is 65.1 Å². The highest BCUT2D eigenvalue weighted by atomic mass is 19.1. The minimum atomic E-state index is -0.497. The average Bonchev–Trinajstić information content (AvgIpc) is 2.89. The molecular formula is C29H40FN7O2. The summed E-state index contributed by atoms with van der Waals surface area (Å²) in [5, 5.41) is 11.5. The lowest BCUT2D eigenvalue weighted by Gasteiger charge is -2.54. The molecule has 3 aliphatic heterocycles. The molecule has 39 heavy (non-hydrogen) atoms. The number of carbonyl (C=O) groups excluding carboxylic acids is 1. The minimum absolute atomic E-state index is 0.0533. The number of piperidine rings is 1. The molecule has 3 aliphatic rings. The van der Waals surface area contributed by atoms with Gasteiger partial charge < -0.3 is 19.9 Å². The van der Waals surface area contributed by atoms with Crippen molar-refractivity contribution in [3.8, 4) is 11.6 Å². The van der Waals surface area contributed by atoms with Crippen LogP contribution in [-0.4, -0.2) is 88.8 Å². The topological polar surface area (TPSA) is 86.7 Å². The van der Waals surface area contributed by atoms with Crippen molar-refractivity contribution in [3.05, 3.63) is 47.6 Å². The molecule has 2 saturated heterocycles. The minimum Gasteiger partial charge on any atom is -0.434 e. The maximum Gasteiger partial charge on any atom is 0.282 e. The Hall–Kier alpha value is -3.11. The predicted octanol–water partition coefficient (Wildman–Crippen LogP) is 3.88. The second kappa shape index (κ2) is 11.6. The van der Waals surface area contributed by atoms with Crippen LogP contribution in [-0.2, 0) is 0 Å². The molecule has 1 amide bonds. The molecule has 0 atom stereocenters. The Labute approximate surface area is 230 Å². The number of nitrogens with one attached hydrogen (secondary N) is 1. The fourth-order valence-corrected chi connectivity index (χ4v) is 6.12. The monoisotopic (exact) mass is 537 g/mol. The summed E-state index contributed by atoms with van der Waals surface area (Å²) in [6.07, 6.45) is 7.21. The highest BCUT2D eigenvalue weighted by Gasteiger charge is 2.46. The van der Waals surface area contributed by atoms with Crippen LogP contribution in [0.25, 0.3) is 0 Å². The first kappa shape index (κ1) is 27.5. The van der Waals surface area contributed by atoms with Crippen LogP contribution in [0.15, 0.2) is 36.2 Å². The molecule has 2 fully saturated rings. The number of carbonyl (C=O) groups is 1. The van der Waals surface area contributed by atoms with Crippen LogP contribution in [0.3, 0.4) is 0 Å². The van der Waals surface area contributed by atoms with Crippen molar-refractivity contribution < 1.29 is 13.9 Å². The van der Waals surface area contributed by atoms with Gasteiger partial charge in [-0.3, -0.25) is 9.69 Å². The second-order valence-corrected chi connectivity index (χ2v) is 11.7. The lowest BCUT2D eigenvalue weighted by Crippen LogP contribution is -2.61. The van der Waals surface area contributed by atoms with Gasteiger partial charge >= 0.3 is 0 Å². The number of nitrogens with zero attached hydrogens (tertiary/aromatic N) is 6. The zero-order chi connectivity index (χ0) is 27.6. The van der Waals surface area contributed by atoms with Gasteiger partial charge in [-0.25, -0.2) is 9.37 Å². The summed E-state index contributed by atoms with van der Waals surface area (Å²) in [6, 6.07) is 3.89. The third-order valence-electron chi connectivity index (χ3n) is 8.15. The summed E-state index contributed by atoms with van der Waals surface area (Å²) in [5.41, 5.74) is 1.98. The van der Waals surface area contributed by atoms with Crippen LogP contribution < -0.4 is 15.0 Å². The number of hydrogen-bond donors (Lipinski definition) is 1. The van der Waals surface area contributed by atoms with E-state index in [1.54, 1.807) is 10.5 Å². The van der Waals surface area contributed by atoms with E-state index in [4.69, 9.17) is 4.74 Å². The zero-order valence-corrected chi connectivity index (χ0v) is 23.5. The fourth-order valence-electron chi connectivity index (χ4n) is 6.12. The van der Waals surface area contributed by atoms with E-state index in [2.05, 4.69) is 36.4 Å². The molecule has 4 heterocycles. The second-order valence-electron chi connectivity index (χ2n) is 11.7. The summed E-state index contributed by atoms with van der Waals surface area (Å²) < 4.78 is 20.4. The lowest BCUT2D eigenvalue weighted by molar-refractivity contribution is 0.0640. The van der Waals surface area contributed by atoms with E-state index in [1.165, 1.54) is 24.5 Å². The van der Waals surface area contributed by atoms with Gasteiger partial charge in [-0.15, -0.1) is 10.2 Å². The van der Waals surface area contributed by atoms with Crippen LogP contribution in [0.2, 0.25) is 0 Å². The third-order valence-corrected chi connectivity index (χ3v) is 8.15. The molecule has 0 saturated carbocycles. The quantitative estimate of drug-likeness (QED) is 0.508. The fraction of sp³-hybridized carbons (Fsp3) is 0.586. The van der Waals surface area contributed by atoms with Crippen LogP contribution in [0, 0.1) is 11.2 Å². The van der Waals surface area contributed by atoms with Crippen molar-refractivity contribution in [3.63, 3.8) is 0 Å². The number of likely N-dealkylation sites (tertiary alicyclic amines) is 1. The normalized spacial score (nSPS) is 19.3. The van der Waals surface area contributed by atoms with E-state index in [1.807, 2.05) is 27.7 Å². The summed E-state index contributed by atoms with van der Waals surface area (Å²) in [4.78, 5) is 24.4. The largest absolute Gasteiger partial charge is 0.434 e. The van der Waals surface area contributed by atoms with Gasteiger partial charge in [0.1, 0.15) is 17.9 Å². The van der Waals surface area contributed by atoms with Crippen LogP contribution in [0.4, 0.5) is 10.2 Å². The molecule has 0 bridgehead atoms. The first-order valence-electron chi connectivity index (χ1n) is 14.1. The Bertz CT molecular complexity index is 1190. The molecular weight excluding hydrogens is 497 g/mol. The van der Waals surface area contributed by atoms with Crippen molar-refractivity contribution >= 4 is 11.7 Å². The van der Waals surface area contributed by atoms with E-state index in [9.17, 15) is 9.18 Å². The molecule has 0 radical (unpaired) electrons. The molecule has 210 valence electrons. The molecule has 2 aromatic rings. The summed E-state index contributed by atoms with van der Waals surface area (Å²) in [7, 11) is 0. The average molecular weight is 538 g/mol. The Kier molecular flexibility index (Phi) is 8.13. The van der Waals surface area contributed by atoms with Crippen molar-refractivity contribution in [1.29, 1.82) is 0 Å². The number of aromatic nitrogens is 3.